The number of aromatic amines is 1. The van der Waals surface area contributed by atoms with Gasteiger partial charge in [0.15, 0.2) is 0 Å². The highest BCUT2D eigenvalue weighted by atomic mass is 16.5. The number of nitrogens with one attached hydrogen (secondary N) is 1. The third-order valence-corrected chi connectivity index (χ3v) is 3.26. The number of hydrogen-bond donors (Lipinski definition) is 1. The Bertz CT molecular complexity index is 683. The fourth-order valence-electron chi connectivity index (χ4n) is 2.13. The van der Waals surface area contributed by atoms with Crippen LogP contribution in [0.1, 0.15) is 11.3 Å². The average molecular weight is 237 g/mol. The maximum atomic E-state index is 5.84. The summed E-state index contributed by atoms with van der Waals surface area (Å²) in [7, 11) is 0. The van der Waals surface area contributed by atoms with Gasteiger partial charge in [0.2, 0.25) is 0 Å². The van der Waals surface area contributed by atoms with E-state index in [-0.39, 0.29) is 0 Å². The average Bonchev–Trinajstić information content (AvgIpc) is 2.67. The Morgan fingerprint density at radius 2 is 1.67 bits per heavy atom. The molecule has 0 aliphatic rings. The highest BCUT2D eigenvalue weighted by Gasteiger charge is 2.05. The minimum Gasteiger partial charge on any atom is -0.457 e. The lowest BCUT2D eigenvalue weighted by atomic mass is 10.1. The highest BCUT2D eigenvalue weighted by molar-refractivity contribution is 5.85. The van der Waals surface area contributed by atoms with Gasteiger partial charge in [-0.3, -0.25) is 0 Å². The standard InChI is InChI=1S/C16H15NO/c1-11-12(2)17-16-9-8-14(10-15(11)16)18-13-6-4-3-5-7-13/h3-10,17H,1-2H3. The topological polar surface area (TPSA) is 25.0 Å². The summed E-state index contributed by atoms with van der Waals surface area (Å²) in [6, 6.07) is 16.0. The van der Waals surface area contributed by atoms with E-state index in [9.17, 15) is 0 Å². The first-order valence-electron chi connectivity index (χ1n) is 6.06. The quantitative estimate of drug-likeness (QED) is 0.693. The summed E-state index contributed by atoms with van der Waals surface area (Å²) in [6.45, 7) is 4.22. The second-order valence-corrected chi connectivity index (χ2v) is 4.50. The van der Waals surface area contributed by atoms with Crippen LogP contribution in [0.4, 0.5) is 0 Å². The molecule has 0 aliphatic heterocycles. The van der Waals surface area contributed by atoms with Gasteiger partial charge in [-0.1, -0.05) is 18.2 Å². The summed E-state index contributed by atoms with van der Waals surface area (Å²) in [5.74, 6) is 1.73. The summed E-state index contributed by atoms with van der Waals surface area (Å²) in [5, 5.41) is 1.22. The lowest BCUT2D eigenvalue weighted by Crippen LogP contribution is -1.83. The zero-order valence-electron chi connectivity index (χ0n) is 10.5. The van der Waals surface area contributed by atoms with Crippen LogP contribution >= 0.6 is 0 Å². The van der Waals surface area contributed by atoms with Crippen molar-refractivity contribution < 1.29 is 4.74 Å². The first kappa shape index (κ1) is 10.9. The molecule has 3 aromatic rings. The van der Waals surface area contributed by atoms with Crippen molar-refractivity contribution in [1.82, 2.24) is 4.98 Å². The van der Waals surface area contributed by atoms with Gasteiger partial charge in [-0.05, 0) is 49.7 Å². The molecule has 18 heavy (non-hydrogen) atoms. The Hall–Kier alpha value is -2.22. The fourth-order valence-corrected chi connectivity index (χ4v) is 2.13. The molecule has 1 N–H and O–H groups in total. The van der Waals surface area contributed by atoms with Gasteiger partial charge in [0, 0.05) is 16.6 Å². The summed E-state index contributed by atoms with van der Waals surface area (Å²) >= 11 is 0. The van der Waals surface area contributed by atoms with Crippen LogP contribution in [0.25, 0.3) is 10.9 Å². The van der Waals surface area contributed by atoms with Gasteiger partial charge in [-0.2, -0.15) is 0 Å². The van der Waals surface area contributed by atoms with E-state index in [2.05, 4.69) is 31.0 Å². The molecule has 0 radical (unpaired) electrons. The molecule has 0 atom stereocenters. The molecule has 3 rings (SSSR count). The Labute approximate surface area is 106 Å². The molecule has 1 heterocycles. The van der Waals surface area contributed by atoms with Crippen LogP contribution in [0.2, 0.25) is 0 Å². The molecule has 0 saturated heterocycles. The number of fused-ring (bicyclic) bond motifs is 1. The summed E-state index contributed by atoms with van der Waals surface area (Å²) in [6.07, 6.45) is 0. The van der Waals surface area contributed by atoms with Gasteiger partial charge in [0.25, 0.3) is 0 Å². The van der Waals surface area contributed by atoms with Crippen molar-refractivity contribution in [3.05, 3.63) is 59.8 Å². The number of benzene rings is 2. The molecular formula is C16H15NO. The van der Waals surface area contributed by atoms with Crippen LogP contribution in [0.3, 0.4) is 0 Å². The number of aryl methyl sites for hydroxylation is 2. The van der Waals surface area contributed by atoms with Crippen LogP contribution < -0.4 is 4.74 Å². The lowest BCUT2D eigenvalue weighted by Gasteiger charge is -2.05. The van der Waals surface area contributed by atoms with Crippen molar-refractivity contribution in [3.63, 3.8) is 0 Å². The SMILES string of the molecule is Cc1[nH]c2ccc(Oc3ccccc3)cc2c1C. The van der Waals surface area contributed by atoms with Crippen LogP contribution in [0.5, 0.6) is 11.5 Å². The van der Waals surface area contributed by atoms with Gasteiger partial charge in [0.05, 0.1) is 0 Å². The Morgan fingerprint density at radius 1 is 0.889 bits per heavy atom. The van der Waals surface area contributed by atoms with E-state index in [1.807, 2.05) is 36.4 Å². The number of aromatic nitrogens is 1. The second-order valence-electron chi connectivity index (χ2n) is 4.50. The normalized spacial score (nSPS) is 10.8. The predicted molar refractivity (Wildman–Crippen MR) is 74.3 cm³/mol. The molecule has 0 saturated carbocycles. The van der Waals surface area contributed by atoms with Crippen LogP contribution in [-0.4, -0.2) is 4.98 Å². The van der Waals surface area contributed by atoms with Crippen LogP contribution in [0.15, 0.2) is 48.5 Å². The summed E-state index contributed by atoms with van der Waals surface area (Å²) in [4.78, 5) is 3.36. The molecule has 0 bridgehead atoms. The number of H-pyrrole nitrogens is 1. The molecule has 1 aromatic heterocycles. The van der Waals surface area contributed by atoms with Crippen molar-refractivity contribution in [1.29, 1.82) is 0 Å². The molecule has 2 aromatic carbocycles. The van der Waals surface area contributed by atoms with E-state index >= 15 is 0 Å². The minimum atomic E-state index is 0.863. The number of rotatable bonds is 2. The molecule has 2 heteroatoms. The maximum absolute atomic E-state index is 5.84. The third-order valence-electron chi connectivity index (χ3n) is 3.26. The summed E-state index contributed by atoms with van der Waals surface area (Å²) < 4.78 is 5.84. The number of para-hydroxylation sites is 1. The molecular weight excluding hydrogens is 222 g/mol. The first-order chi connectivity index (χ1) is 8.74. The maximum Gasteiger partial charge on any atom is 0.128 e. The zero-order valence-corrected chi connectivity index (χ0v) is 10.5. The molecule has 0 amide bonds. The van der Waals surface area contributed by atoms with Crippen molar-refractivity contribution >= 4 is 10.9 Å². The monoisotopic (exact) mass is 237 g/mol. The van der Waals surface area contributed by atoms with Gasteiger partial charge < -0.3 is 9.72 Å². The highest BCUT2D eigenvalue weighted by Crippen LogP contribution is 2.28. The van der Waals surface area contributed by atoms with E-state index in [4.69, 9.17) is 4.74 Å². The lowest BCUT2D eigenvalue weighted by molar-refractivity contribution is 0.483. The predicted octanol–water partition coefficient (Wildman–Crippen LogP) is 4.58. The summed E-state index contributed by atoms with van der Waals surface area (Å²) in [5.41, 5.74) is 3.65. The largest absolute Gasteiger partial charge is 0.457 e. The van der Waals surface area contributed by atoms with Crippen molar-refractivity contribution in [2.45, 2.75) is 13.8 Å². The Kier molecular flexibility index (Phi) is 2.56. The van der Waals surface area contributed by atoms with Gasteiger partial charge in [-0.25, -0.2) is 0 Å². The van der Waals surface area contributed by atoms with Crippen molar-refractivity contribution in [2.75, 3.05) is 0 Å². The van der Waals surface area contributed by atoms with E-state index < -0.39 is 0 Å². The third kappa shape index (κ3) is 1.86. The van der Waals surface area contributed by atoms with Gasteiger partial charge in [0.1, 0.15) is 11.5 Å². The molecule has 0 fully saturated rings. The van der Waals surface area contributed by atoms with E-state index in [0.717, 1.165) is 17.0 Å². The van der Waals surface area contributed by atoms with E-state index in [0.29, 0.717) is 0 Å². The van der Waals surface area contributed by atoms with E-state index in [1.54, 1.807) is 0 Å². The van der Waals surface area contributed by atoms with Crippen molar-refractivity contribution in [2.24, 2.45) is 0 Å². The van der Waals surface area contributed by atoms with Crippen LogP contribution in [0, 0.1) is 13.8 Å². The van der Waals surface area contributed by atoms with E-state index in [1.165, 1.54) is 16.6 Å². The molecule has 0 aliphatic carbocycles. The van der Waals surface area contributed by atoms with Gasteiger partial charge in [-0.15, -0.1) is 0 Å². The smallest absolute Gasteiger partial charge is 0.128 e. The number of hydrogen-bond acceptors (Lipinski definition) is 1. The first-order valence-corrected chi connectivity index (χ1v) is 6.06. The molecule has 2 nitrogen and oxygen atoms in total. The minimum absolute atomic E-state index is 0.863. The van der Waals surface area contributed by atoms with Crippen LogP contribution in [-0.2, 0) is 0 Å². The Morgan fingerprint density at radius 3 is 2.44 bits per heavy atom. The second kappa shape index (κ2) is 4.22. The van der Waals surface area contributed by atoms with Gasteiger partial charge >= 0.3 is 0 Å². The Balaban J connectivity index is 2.01. The number of ether oxygens (including phenoxy) is 1. The van der Waals surface area contributed by atoms with Crippen molar-refractivity contribution in [3.8, 4) is 11.5 Å². The fraction of sp³-hybridized carbons (Fsp3) is 0.125. The molecule has 0 unspecified atom stereocenters. The molecule has 90 valence electrons. The molecule has 0 spiro atoms. The zero-order chi connectivity index (χ0) is 12.5.